The van der Waals surface area contributed by atoms with Gasteiger partial charge in [0, 0.05) is 70.4 Å². The van der Waals surface area contributed by atoms with E-state index in [0.29, 0.717) is 46.8 Å². The highest BCUT2D eigenvalue weighted by atomic mass is 35.5. The fraction of sp³-hybridized carbons (Fsp3) is 0.324. The number of carboxylic acids is 1. The van der Waals surface area contributed by atoms with Gasteiger partial charge in [-0.3, -0.25) is 9.36 Å². The van der Waals surface area contributed by atoms with E-state index in [2.05, 4.69) is 28.9 Å². The van der Waals surface area contributed by atoms with Crippen LogP contribution in [0.25, 0.3) is 32.8 Å². The van der Waals surface area contributed by atoms with E-state index < -0.39 is 5.97 Å². The van der Waals surface area contributed by atoms with Crippen molar-refractivity contribution in [2.75, 3.05) is 6.61 Å². The summed E-state index contributed by atoms with van der Waals surface area (Å²) in [5.41, 5.74) is 7.72. The van der Waals surface area contributed by atoms with Gasteiger partial charge in [0.1, 0.15) is 11.4 Å². The number of ether oxygens (including phenoxy) is 1. The summed E-state index contributed by atoms with van der Waals surface area (Å²) < 4.78 is 12.3. The highest BCUT2D eigenvalue weighted by Gasteiger charge is 2.29. The lowest BCUT2D eigenvalue weighted by Gasteiger charge is -2.16. The number of thioether (sulfide) groups is 2. The van der Waals surface area contributed by atoms with Gasteiger partial charge in [0.2, 0.25) is 0 Å². The zero-order chi connectivity index (χ0) is 33.8. The quantitative estimate of drug-likeness (QED) is 0.180. The van der Waals surface area contributed by atoms with E-state index in [-0.39, 0.29) is 5.69 Å². The molecule has 0 saturated heterocycles. The van der Waals surface area contributed by atoms with Crippen LogP contribution in [0.5, 0.6) is 5.75 Å². The number of aromatic nitrogens is 5. The van der Waals surface area contributed by atoms with Crippen LogP contribution < -0.4 is 4.74 Å². The monoisotopic (exact) mass is 731 g/mol. The molecule has 0 atom stereocenters. The van der Waals surface area contributed by atoms with Gasteiger partial charge in [0.25, 0.3) is 0 Å². The van der Waals surface area contributed by atoms with Crippen LogP contribution in [0.15, 0.2) is 53.4 Å². The Kier molecular flexibility index (Phi) is 8.84. The van der Waals surface area contributed by atoms with Crippen LogP contribution in [0.3, 0.4) is 0 Å². The molecule has 0 radical (unpaired) electrons. The van der Waals surface area contributed by atoms with Crippen molar-refractivity contribution >= 4 is 74.4 Å². The van der Waals surface area contributed by atoms with E-state index in [1.807, 2.05) is 47.6 Å². The van der Waals surface area contributed by atoms with E-state index in [9.17, 15) is 9.90 Å². The van der Waals surface area contributed by atoms with Crippen LogP contribution in [0.1, 0.15) is 58.1 Å². The van der Waals surface area contributed by atoms with Crippen LogP contribution in [-0.4, -0.2) is 41.8 Å². The molecule has 6 aromatic rings. The highest BCUT2D eigenvalue weighted by Crippen LogP contribution is 2.44. The standard InChI is InChI=1S/C37H35Cl2N5O3S2/c1-42-35-25-12-13-26(38)32(35)33-27(41-44-14-6-5-11-29(33)44)18-48-19-28-34(39)30(43(2)40-28)20-49-22-16-21-8-3-4-9-23(21)31(17-22)47-15-7-10-24(25)36(42)37(45)46/h3-4,8-9,12-13,16-17H,5-7,10-11,14-15,18-20H2,1-2H3,(H,45,46). The van der Waals surface area contributed by atoms with Gasteiger partial charge in [-0.05, 0) is 61.3 Å². The van der Waals surface area contributed by atoms with Crippen LogP contribution in [0.2, 0.25) is 10.0 Å². The lowest BCUT2D eigenvalue weighted by Crippen LogP contribution is -2.11. The topological polar surface area (TPSA) is 87.1 Å². The van der Waals surface area contributed by atoms with Crippen LogP contribution in [0, 0.1) is 0 Å². The molecule has 0 fully saturated rings. The van der Waals surface area contributed by atoms with Gasteiger partial charge in [-0.2, -0.15) is 10.2 Å². The Morgan fingerprint density at radius 3 is 2.59 bits per heavy atom. The molecule has 252 valence electrons. The number of carboxylic acid groups (broad SMARTS) is 1. The fourth-order valence-corrected chi connectivity index (χ4v) is 10.0. The first-order chi connectivity index (χ1) is 23.8. The smallest absolute Gasteiger partial charge is 0.352 e. The third kappa shape index (κ3) is 5.80. The molecule has 0 unspecified atom stereocenters. The number of aryl methyl sites for hydroxylation is 4. The zero-order valence-corrected chi connectivity index (χ0v) is 30.4. The van der Waals surface area contributed by atoms with Gasteiger partial charge >= 0.3 is 5.97 Å². The number of aromatic carboxylic acids is 1. The van der Waals surface area contributed by atoms with Crippen molar-refractivity contribution in [3.05, 3.63) is 92.6 Å². The number of fused-ring (bicyclic) bond motifs is 10. The Morgan fingerprint density at radius 2 is 1.73 bits per heavy atom. The molecule has 3 aromatic heterocycles. The number of nitrogens with zero attached hydrogens (tertiary/aromatic N) is 5. The Labute approximate surface area is 302 Å². The molecule has 0 spiro atoms. The predicted octanol–water partition coefficient (Wildman–Crippen LogP) is 9.32. The first kappa shape index (κ1) is 32.6. The minimum Gasteiger partial charge on any atom is -0.493 e. The van der Waals surface area contributed by atoms with E-state index >= 15 is 0 Å². The molecule has 2 aliphatic heterocycles. The summed E-state index contributed by atoms with van der Waals surface area (Å²) in [4.78, 5) is 13.9. The minimum absolute atomic E-state index is 0.280. The van der Waals surface area contributed by atoms with Crippen molar-refractivity contribution in [3.63, 3.8) is 0 Å². The first-order valence-corrected chi connectivity index (χ1v) is 19.4. The Morgan fingerprint density at radius 1 is 0.898 bits per heavy atom. The second-order valence-electron chi connectivity index (χ2n) is 12.7. The summed E-state index contributed by atoms with van der Waals surface area (Å²) >= 11 is 17.5. The van der Waals surface area contributed by atoms with E-state index in [0.717, 1.165) is 97.6 Å². The van der Waals surface area contributed by atoms with Gasteiger partial charge in [0.15, 0.2) is 0 Å². The van der Waals surface area contributed by atoms with Crippen molar-refractivity contribution in [2.45, 2.75) is 60.8 Å². The van der Waals surface area contributed by atoms with Crippen molar-refractivity contribution in [2.24, 2.45) is 14.1 Å². The summed E-state index contributed by atoms with van der Waals surface area (Å²) in [6, 6.07) is 16.4. The molecule has 0 saturated carbocycles. The highest BCUT2D eigenvalue weighted by molar-refractivity contribution is 7.98. The molecule has 8 rings (SSSR count). The summed E-state index contributed by atoms with van der Waals surface area (Å²) in [5, 5.41) is 24.8. The molecule has 2 aliphatic rings. The average Bonchev–Trinajstić information content (AvgIpc) is 3.69. The second kappa shape index (κ2) is 13.3. The van der Waals surface area contributed by atoms with E-state index in [4.69, 9.17) is 38.1 Å². The third-order valence-corrected chi connectivity index (χ3v) is 12.4. The van der Waals surface area contributed by atoms with Crippen molar-refractivity contribution in [1.82, 2.24) is 24.1 Å². The maximum absolute atomic E-state index is 12.9. The lowest BCUT2D eigenvalue weighted by molar-refractivity contribution is 0.0685. The number of hydrogen-bond acceptors (Lipinski definition) is 6. The lowest BCUT2D eigenvalue weighted by atomic mass is 9.95. The van der Waals surface area contributed by atoms with Crippen molar-refractivity contribution in [3.8, 4) is 16.9 Å². The van der Waals surface area contributed by atoms with Crippen molar-refractivity contribution < 1.29 is 14.6 Å². The minimum atomic E-state index is -0.957. The number of hydrogen-bond donors (Lipinski definition) is 1. The van der Waals surface area contributed by atoms with Gasteiger partial charge < -0.3 is 14.4 Å². The number of halogens is 2. The molecule has 8 nitrogen and oxygen atoms in total. The third-order valence-electron chi connectivity index (χ3n) is 9.67. The van der Waals surface area contributed by atoms with Gasteiger partial charge in [-0.15, -0.1) is 23.5 Å². The largest absolute Gasteiger partial charge is 0.493 e. The summed E-state index contributed by atoms with van der Waals surface area (Å²) in [6.45, 7) is 1.28. The Hall–Kier alpha value is -3.57. The summed E-state index contributed by atoms with van der Waals surface area (Å²) in [5.74, 6) is 1.78. The Bertz CT molecular complexity index is 2270. The molecule has 3 aromatic carbocycles. The molecule has 0 aliphatic carbocycles. The predicted molar refractivity (Wildman–Crippen MR) is 200 cm³/mol. The molecule has 1 N–H and O–H groups in total. The number of carbonyl (C=O) groups is 1. The second-order valence-corrected chi connectivity index (χ2v) is 15.5. The Balaban J connectivity index is 1.28. The van der Waals surface area contributed by atoms with Gasteiger partial charge in [0.05, 0.1) is 39.3 Å². The molecular formula is C37H35Cl2N5O3S2. The molecule has 0 amide bonds. The average molecular weight is 733 g/mol. The molecule has 5 heterocycles. The molecule has 8 bridgehead atoms. The number of rotatable bonds is 1. The summed E-state index contributed by atoms with van der Waals surface area (Å²) in [7, 11) is 3.79. The number of benzene rings is 3. The molecule has 49 heavy (non-hydrogen) atoms. The van der Waals surface area contributed by atoms with Gasteiger partial charge in [-0.25, -0.2) is 4.79 Å². The summed E-state index contributed by atoms with van der Waals surface area (Å²) in [6.07, 6.45) is 4.22. The van der Waals surface area contributed by atoms with Crippen LogP contribution in [0.4, 0.5) is 0 Å². The molecular weight excluding hydrogens is 697 g/mol. The maximum Gasteiger partial charge on any atom is 0.352 e. The normalized spacial score (nSPS) is 15.5. The SMILES string of the molecule is Cn1nc2c(Cl)c1CSc1cc(c3ccccc3c1)OCCCc1c(C(=O)O)n(C)c3c(c(Cl)ccc13)-c1c(nn3c1CCCC3)CSC2. The molecule has 12 heteroatoms. The fourth-order valence-electron chi connectivity index (χ4n) is 7.42. The van der Waals surface area contributed by atoms with E-state index in [1.54, 1.807) is 23.5 Å². The zero-order valence-electron chi connectivity index (χ0n) is 27.3. The van der Waals surface area contributed by atoms with Crippen molar-refractivity contribution in [1.29, 1.82) is 0 Å². The van der Waals surface area contributed by atoms with Crippen LogP contribution >= 0.6 is 46.7 Å². The van der Waals surface area contributed by atoms with E-state index in [1.165, 1.54) is 0 Å². The maximum atomic E-state index is 12.9. The van der Waals surface area contributed by atoms with Crippen LogP contribution in [-0.2, 0) is 50.7 Å². The first-order valence-electron chi connectivity index (χ1n) is 16.5. The van der Waals surface area contributed by atoms with Gasteiger partial charge in [-0.1, -0.05) is 53.5 Å².